The normalized spacial score (nSPS) is 36.7. The van der Waals surface area contributed by atoms with Crippen molar-refractivity contribution in [3.63, 3.8) is 0 Å². The minimum absolute atomic E-state index is 0.119. The highest BCUT2D eigenvalue weighted by Crippen LogP contribution is 2.53. The van der Waals surface area contributed by atoms with Crippen LogP contribution in [0.25, 0.3) is 0 Å². The van der Waals surface area contributed by atoms with Crippen molar-refractivity contribution in [2.24, 2.45) is 23.7 Å². The zero-order chi connectivity index (χ0) is 14.4. The van der Waals surface area contributed by atoms with E-state index in [2.05, 4.69) is 21.2 Å². The topological polar surface area (TPSA) is 29.1 Å². The summed E-state index contributed by atoms with van der Waals surface area (Å²) in [6, 6.07) is 8.38. The molecule has 0 aliphatic heterocycles. The Kier molecular flexibility index (Phi) is 3.56. The molecule has 0 saturated heterocycles. The van der Waals surface area contributed by atoms with Gasteiger partial charge in [-0.25, -0.2) is 0 Å². The van der Waals surface area contributed by atoms with Gasteiger partial charge in [0.1, 0.15) is 0 Å². The van der Waals surface area contributed by atoms with Gasteiger partial charge in [0.05, 0.1) is 0 Å². The third-order valence-electron chi connectivity index (χ3n) is 5.89. The number of carbonyl (C=O) groups excluding carboxylic acids is 1. The predicted octanol–water partition coefficient (Wildman–Crippen LogP) is 4.14. The highest BCUT2D eigenvalue weighted by molar-refractivity contribution is 9.08. The fourth-order valence-corrected chi connectivity index (χ4v) is 5.51. The number of rotatable bonds is 3. The molecule has 112 valence electrons. The third-order valence-corrected chi connectivity index (χ3v) is 6.54. The Hall–Kier alpha value is -0.830. The van der Waals surface area contributed by atoms with Gasteiger partial charge in [-0.15, -0.1) is 0 Å². The highest BCUT2D eigenvalue weighted by Gasteiger charge is 2.48. The molecule has 3 heteroatoms. The first-order chi connectivity index (χ1) is 10.2. The number of hydrogen-bond donors (Lipinski definition) is 1. The summed E-state index contributed by atoms with van der Waals surface area (Å²) >= 11 is 3.44. The van der Waals surface area contributed by atoms with E-state index in [4.69, 9.17) is 0 Å². The summed E-state index contributed by atoms with van der Waals surface area (Å²) in [4.78, 5) is 12.5. The van der Waals surface area contributed by atoms with Gasteiger partial charge in [-0.2, -0.15) is 0 Å². The van der Waals surface area contributed by atoms with Crippen LogP contribution in [0.4, 0.5) is 0 Å². The molecule has 1 aromatic carbocycles. The fraction of sp³-hybridized carbons (Fsp3) is 0.611. The number of benzene rings is 1. The Morgan fingerprint density at radius 2 is 1.57 bits per heavy atom. The maximum atomic E-state index is 12.5. The first-order valence-electron chi connectivity index (χ1n) is 8.18. The van der Waals surface area contributed by atoms with Crippen molar-refractivity contribution in [3.05, 3.63) is 35.4 Å². The SMILES string of the molecule is O=C(NC1C2CC3CC(C2)CC1C3)c1ccc(CBr)cc1. The van der Waals surface area contributed by atoms with Gasteiger partial charge < -0.3 is 5.32 Å². The smallest absolute Gasteiger partial charge is 0.251 e. The van der Waals surface area contributed by atoms with Crippen molar-refractivity contribution in [2.45, 2.75) is 43.5 Å². The van der Waals surface area contributed by atoms with Crippen LogP contribution in [0.3, 0.4) is 0 Å². The van der Waals surface area contributed by atoms with Crippen molar-refractivity contribution >= 4 is 21.8 Å². The van der Waals surface area contributed by atoms with Gasteiger partial charge >= 0.3 is 0 Å². The van der Waals surface area contributed by atoms with Crippen LogP contribution in [0, 0.1) is 23.7 Å². The molecule has 0 unspecified atom stereocenters. The number of amides is 1. The Labute approximate surface area is 134 Å². The summed E-state index contributed by atoms with van der Waals surface area (Å²) in [5.41, 5.74) is 2.01. The lowest BCUT2D eigenvalue weighted by Crippen LogP contribution is -2.55. The molecule has 4 fully saturated rings. The molecule has 1 amide bonds. The fourth-order valence-electron chi connectivity index (χ4n) is 5.14. The van der Waals surface area contributed by atoms with Crippen LogP contribution in [0.2, 0.25) is 0 Å². The van der Waals surface area contributed by atoms with Gasteiger partial charge in [-0.1, -0.05) is 28.1 Å². The van der Waals surface area contributed by atoms with Crippen molar-refractivity contribution in [1.82, 2.24) is 5.32 Å². The largest absolute Gasteiger partial charge is 0.349 e. The minimum atomic E-state index is 0.119. The van der Waals surface area contributed by atoms with E-state index in [0.717, 1.165) is 34.6 Å². The zero-order valence-corrected chi connectivity index (χ0v) is 13.8. The predicted molar refractivity (Wildman–Crippen MR) is 87.4 cm³/mol. The van der Waals surface area contributed by atoms with Gasteiger partial charge in [-0.05, 0) is 73.5 Å². The molecule has 4 aliphatic rings. The second-order valence-corrected chi connectivity index (χ2v) is 7.82. The zero-order valence-electron chi connectivity index (χ0n) is 12.2. The maximum Gasteiger partial charge on any atom is 0.251 e. The molecule has 0 atom stereocenters. The number of carbonyl (C=O) groups is 1. The molecule has 0 spiro atoms. The number of nitrogens with one attached hydrogen (secondary N) is 1. The molecule has 21 heavy (non-hydrogen) atoms. The van der Waals surface area contributed by atoms with Crippen LogP contribution in [0.5, 0.6) is 0 Å². The van der Waals surface area contributed by atoms with Crippen LogP contribution >= 0.6 is 15.9 Å². The third kappa shape index (κ3) is 2.54. The lowest BCUT2D eigenvalue weighted by atomic mass is 9.54. The molecular formula is C18H22BrNO. The summed E-state index contributed by atoms with van der Waals surface area (Å²) in [6.45, 7) is 0. The lowest BCUT2D eigenvalue weighted by Gasteiger charge is -2.54. The van der Waals surface area contributed by atoms with Crippen LogP contribution in [-0.2, 0) is 5.33 Å². The molecule has 0 aromatic heterocycles. The number of alkyl halides is 1. The number of hydrogen-bond acceptors (Lipinski definition) is 1. The van der Waals surface area contributed by atoms with E-state index in [-0.39, 0.29) is 5.91 Å². The molecular weight excluding hydrogens is 326 g/mol. The summed E-state index contributed by atoms with van der Waals surface area (Å²) in [5, 5.41) is 4.20. The van der Waals surface area contributed by atoms with Gasteiger partial charge in [0.25, 0.3) is 5.91 Å². The lowest BCUT2D eigenvalue weighted by molar-refractivity contribution is -0.0119. The maximum absolute atomic E-state index is 12.5. The molecule has 5 rings (SSSR count). The van der Waals surface area contributed by atoms with E-state index in [0.29, 0.717) is 6.04 Å². The molecule has 4 aliphatic carbocycles. The van der Waals surface area contributed by atoms with Crippen molar-refractivity contribution in [1.29, 1.82) is 0 Å². The molecule has 1 aromatic rings. The van der Waals surface area contributed by atoms with E-state index in [1.807, 2.05) is 24.3 Å². The Morgan fingerprint density at radius 3 is 2.10 bits per heavy atom. The van der Waals surface area contributed by atoms with E-state index in [1.165, 1.54) is 37.7 Å². The van der Waals surface area contributed by atoms with E-state index in [9.17, 15) is 4.79 Å². The molecule has 0 radical (unpaired) electrons. The second kappa shape index (κ2) is 5.42. The van der Waals surface area contributed by atoms with Crippen LogP contribution in [0.1, 0.15) is 48.0 Å². The quantitative estimate of drug-likeness (QED) is 0.818. The standard InChI is InChI=1S/C18H22BrNO/c19-10-11-1-3-14(4-2-11)18(21)20-17-15-6-12-5-13(8-15)9-16(17)7-12/h1-4,12-13,15-17H,5-10H2,(H,20,21). The van der Waals surface area contributed by atoms with Crippen molar-refractivity contribution in [3.8, 4) is 0 Å². The first-order valence-corrected chi connectivity index (χ1v) is 9.31. The average Bonchev–Trinajstić information content (AvgIpc) is 2.50. The van der Waals surface area contributed by atoms with Gasteiger partial charge in [-0.3, -0.25) is 4.79 Å². The minimum Gasteiger partial charge on any atom is -0.349 e. The molecule has 0 heterocycles. The van der Waals surface area contributed by atoms with Crippen LogP contribution in [0.15, 0.2) is 24.3 Å². The van der Waals surface area contributed by atoms with Gasteiger partial charge in [0.15, 0.2) is 0 Å². The summed E-state index contributed by atoms with van der Waals surface area (Å²) < 4.78 is 0. The summed E-state index contributed by atoms with van der Waals surface area (Å²) in [6.07, 6.45) is 6.85. The summed E-state index contributed by atoms with van der Waals surface area (Å²) in [7, 11) is 0. The van der Waals surface area contributed by atoms with Crippen LogP contribution in [-0.4, -0.2) is 11.9 Å². The average molecular weight is 348 g/mol. The van der Waals surface area contributed by atoms with E-state index in [1.54, 1.807) is 0 Å². The molecule has 4 saturated carbocycles. The van der Waals surface area contributed by atoms with Crippen molar-refractivity contribution < 1.29 is 4.79 Å². The Morgan fingerprint density at radius 1 is 1.00 bits per heavy atom. The molecule has 4 bridgehead atoms. The van der Waals surface area contributed by atoms with Gasteiger partial charge in [0.2, 0.25) is 0 Å². The summed E-state index contributed by atoms with van der Waals surface area (Å²) in [5.74, 6) is 3.52. The Bertz CT molecular complexity index is 511. The molecule has 1 N–H and O–H groups in total. The molecule has 2 nitrogen and oxygen atoms in total. The van der Waals surface area contributed by atoms with Gasteiger partial charge in [0, 0.05) is 16.9 Å². The van der Waals surface area contributed by atoms with E-state index >= 15 is 0 Å². The second-order valence-electron chi connectivity index (χ2n) is 7.26. The number of halogens is 1. The first kappa shape index (κ1) is 13.8. The monoisotopic (exact) mass is 347 g/mol. The Balaban J connectivity index is 1.46. The van der Waals surface area contributed by atoms with Crippen molar-refractivity contribution in [2.75, 3.05) is 0 Å². The van der Waals surface area contributed by atoms with E-state index < -0.39 is 0 Å². The highest BCUT2D eigenvalue weighted by atomic mass is 79.9. The van der Waals surface area contributed by atoms with Crippen LogP contribution < -0.4 is 5.32 Å².